The lowest BCUT2D eigenvalue weighted by Gasteiger charge is -2.15. The molecule has 36 heavy (non-hydrogen) atoms. The molecular weight excluding hydrogens is 492 g/mol. The van der Waals surface area contributed by atoms with Gasteiger partial charge in [-0.05, 0) is 86.0 Å². The van der Waals surface area contributed by atoms with Crippen LogP contribution in [0.15, 0.2) is 71.6 Å². The van der Waals surface area contributed by atoms with Crippen molar-refractivity contribution < 1.29 is 19.1 Å². The van der Waals surface area contributed by atoms with Gasteiger partial charge in [-0.25, -0.2) is 0 Å². The molecular formula is C28H26N2O4S2. The molecule has 0 saturated carbocycles. The predicted molar refractivity (Wildman–Crippen MR) is 150 cm³/mol. The van der Waals surface area contributed by atoms with E-state index in [2.05, 4.69) is 5.32 Å². The van der Waals surface area contributed by atoms with Crippen molar-refractivity contribution in [1.29, 1.82) is 0 Å². The standard InChI is InChI=1S/C28H26N2O4S2/c1-4-33-22-13-9-21(10-14-22)30-27(32)25(36-28(30)35)16-20-7-11-23(12-8-20)34-17-26(31)29-24-15-18(2)5-6-19(24)3/h5-16H,4,17H2,1-3H3,(H,29,31)/b25-16-. The Labute approximate surface area is 220 Å². The quantitative estimate of drug-likeness (QED) is 0.286. The van der Waals surface area contributed by atoms with Crippen LogP contribution in [-0.2, 0) is 9.59 Å². The number of rotatable bonds is 8. The molecule has 1 N–H and O–H groups in total. The number of nitrogens with one attached hydrogen (secondary N) is 1. The maximum absolute atomic E-state index is 13.0. The number of thiocarbonyl (C=S) groups is 1. The van der Waals surface area contributed by atoms with E-state index in [-0.39, 0.29) is 18.4 Å². The zero-order valence-corrected chi connectivity index (χ0v) is 21.9. The summed E-state index contributed by atoms with van der Waals surface area (Å²) in [6, 6.07) is 20.4. The fourth-order valence-electron chi connectivity index (χ4n) is 3.57. The average molecular weight is 519 g/mol. The number of ether oxygens (including phenoxy) is 2. The summed E-state index contributed by atoms with van der Waals surface area (Å²) in [5, 5.41) is 2.88. The maximum Gasteiger partial charge on any atom is 0.270 e. The summed E-state index contributed by atoms with van der Waals surface area (Å²) < 4.78 is 11.6. The minimum atomic E-state index is -0.231. The number of hydrogen-bond donors (Lipinski definition) is 1. The van der Waals surface area contributed by atoms with Gasteiger partial charge in [0, 0.05) is 5.69 Å². The molecule has 0 bridgehead atoms. The first kappa shape index (κ1) is 25.5. The van der Waals surface area contributed by atoms with Crippen LogP contribution in [0.3, 0.4) is 0 Å². The number of nitrogens with zero attached hydrogens (tertiary/aromatic N) is 1. The molecule has 4 rings (SSSR count). The summed E-state index contributed by atoms with van der Waals surface area (Å²) >= 11 is 6.72. The van der Waals surface area contributed by atoms with Gasteiger partial charge in [-0.2, -0.15) is 0 Å². The number of hydrogen-bond acceptors (Lipinski definition) is 6. The topological polar surface area (TPSA) is 67.9 Å². The van der Waals surface area contributed by atoms with Crippen LogP contribution in [-0.4, -0.2) is 29.3 Å². The molecule has 1 aliphatic heterocycles. The van der Waals surface area contributed by atoms with Gasteiger partial charge in [0.15, 0.2) is 10.9 Å². The van der Waals surface area contributed by atoms with Crippen LogP contribution in [0, 0.1) is 13.8 Å². The van der Waals surface area contributed by atoms with E-state index in [1.165, 1.54) is 16.7 Å². The molecule has 0 spiro atoms. The fourth-order valence-corrected chi connectivity index (χ4v) is 4.86. The van der Waals surface area contributed by atoms with Crippen molar-refractivity contribution in [1.82, 2.24) is 0 Å². The fraction of sp³-hybridized carbons (Fsp3) is 0.179. The predicted octanol–water partition coefficient (Wildman–Crippen LogP) is 6.13. The highest BCUT2D eigenvalue weighted by Gasteiger charge is 2.33. The number of aryl methyl sites for hydroxylation is 2. The summed E-state index contributed by atoms with van der Waals surface area (Å²) in [6.45, 7) is 6.32. The van der Waals surface area contributed by atoms with Crippen LogP contribution in [0.2, 0.25) is 0 Å². The molecule has 1 fully saturated rings. The SMILES string of the molecule is CCOc1ccc(N2C(=O)/C(=C/c3ccc(OCC(=O)Nc4cc(C)ccc4C)cc3)SC2=S)cc1. The Kier molecular flexibility index (Phi) is 8.07. The molecule has 8 heteroatoms. The second-order valence-corrected chi connectivity index (χ2v) is 9.84. The van der Waals surface area contributed by atoms with Gasteiger partial charge in [0.1, 0.15) is 11.5 Å². The van der Waals surface area contributed by atoms with Gasteiger partial charge < -0.3 is 14.8 Å². The Morgan fingerprint density at radius 2 is 1.67 bits per heavy atom. The van der Waals surface area contributed by atoms with Gasteiger partial charge in [-0.15, -0.1) is 0 Å². The lowest BCUT2D eigenvalue weighted by Crippen LogP contribution is -2.27. The molecule has 184 valence electrons. The summed E-state index contributed by atoms with van der Waals surface area (Å²) in [4.78, 5) is 27.4. The molecule has 2 amide bonds. The van der Waals surface area contributed by atoms with Crippen molar-refractivity contribution in [2.45, 2.75) is 20.8 Å². The Hall–Kier alpha value is -3.62. The second-order valence-electron chi connectivity index (χ2n) is 8.17. The summed E-state index contributed by atoms with van der Waals surface area (Å²) in [5.74, 6) is 0.904. The maximum atomic E-state index is 13.0. The highest BCUT2D eigenvalue weighted by atomic mass is 32.2. The van der Waals surface area contributed by atoms with Crippen molar-refractivity contribution in [3.05, 3.63) is 88.3 Å². The first-order chi connectivity index (χ1) is 17.3. The summed E-state index contributed by atoms with van der Waals surface area (Å²) in [7, 11) is 0. The number of amides is 2. The van der Waals surface area contributed by atoms with E-state index < -0.39 is 0 Å². The van der Waals surface area contributed by atoms with Crippen molar-refractivity contribution in [3.8, 4) is 11.5 Å². The van der Waals surface area contributed by atoms with Gasteiger partial charge in [-0.1, -0.05) is 48.2 Å². The lowest BCUT2D eigenvalue weighted by molar-refractivity contribution is -0.118. The minimum Gasteiger partial charge on any atom is -0.494 e. The average Bonchev–Trinajstić information content (AvgIpc) is 3.14. The Morgan fingerprint density at radius 3 is 2.36 bits per heavy atom. The van der Waals surface area contributed by atoms with Crippen molar-refractivity contribution in [3.63, 3.8) is 0 Å². The minimum absolute atomic E-state index is 0.104. The van der Waals surface area contributed by atoms with Gasteiger partial charge >= 0.3 is 0 Å². The van der Waals surface area contributed by atoms with Crippen molar-refractivity contribution >= 4 is 57.6 Å². The molecule has 0 aliphatic carbocycles. The largest absolute Gasteiger partial charge is 0.494 e. The van der Waals surface area contributed by atoms with Crippen molar-refractivity contribution in [2.75, 3.05) is 23.4 Å². The number of anilines is 2. The third-order valence-corrected chi connectivity index (χ3v) is 6.72. The number of carbonyl (C=O) groups is 2. The highest BCUT2D eigenvalue weighted by Crippen LogP contribution is 2.36. The zero-order valence-electron chi connectivity index (χ0n) is 20.2. The van der Waals surface area contributed by atoms with E-state index in [0.717, 1.165) is 28.1 Å². The molecule has 0 unspecified atom stereocenters. The zero-order chi connectivity index (χ0) is 25.7. The van der Waals surface area contributed by atoms with Crippen LogP contribution >= 0.6 is 24.0 Å². The number of carbonyl (C=O) groups excluding carboxylic acids is 2. The van der Waals surface area contributed by atoms with Gasteiger partial charge in [-0.3, -0.25) is 14.5 Å². The van der Waals surface area contributed by atoms with E-state index in [9.17, 15) is 9.59 Å². The normalized spacial score (nSPS) is 14.3. The van der Waals surface area contributed by atoms with E-state index in [1.54, 1.807) is 18.2 Å². The Bertz CT molecular complexity index is 1320. The van der Waals surface area contributed by atoms with E-state index in [0.29, 0.717) is 27.3 Å². The van der Waals surface area contributed by atoms with E-state index in [1.807, 2.05) is 75.4 Å². The Balaban J connectivity index is 1.36. The molecule has 1 heterocycles. The smallest absolute Gasteiger partial charge is 0.270 e. The lowest BCUT2D eigenvalue weighted by atomic mass is 10.1. The summed E-state index contributed by atoms with van der Waals surface area (Å²) in [6.07, 6.45) is 1.80. The molecule has 0 radical (unpaired) electrons. The second kappa shape index (κ2) is 11.4. The monoisotopic (exact) mass is 518 g/mol. The summed E-state index contributed by atoms with van der Waals surface area (Å²) in [5.41, 5.74) is 4.37. The third kappa shape index (κ3) is 6.13. The van der Waals surface area contributed by atoms with Crippen LogP contribution in [0.25, 0.3) is 6.08 Å². The number of benzene rings is 3. The highest BCUT2D eigenvalue weighted by molar-refractivity contribution is 8.27. The molecule has 0 aromatic heterocycles. The molecule has 3 aromatic rings. The first-order valence-electron chi connectivity index (χ1n) is 11.4. The number of thioether (sulfide) groups is 1. The van der Waals surface area contributed by atoms with Crippen LogP contribution in [0.1, 0.15) is 23.6 Å². The Morgan fingerprint density at radius 1 is 1.00 bits per heavy atom. The first-order valence-corrected chi connectivity index (χ1v) is 12.7. The van der Waals surface area contributed by atoms with Gasteiger partial charge in [0.2, 0.25) is 0 Å². The molecule has 1 aliphatic rings. The van der Waals surface area contributed by atoms with Gasteiger partial charge in [0.05, 0.1) is 17.2 Å². The van der Waals surface area contributed by atoms with Crippen LogP contribution in [0.4, 0.5) is 11.4 Å². The molecule has 3 aromatic carbocycles. The van der Waals surface area contributed by atoms with E-state index in [4.69, 9.17) is 21.7 Å². The van der Waals surface area contributed by atoms with Crippen LogP contribution < -0.4 is 19.7 Å². The molecule has 0 atom stereocenters. The van der Waals surface area contributed by atoms with Crippen molar-refractivity contribution in [2.24, 2.45) is 0 Å². The molecule has 1 saturated heterocycles. The van der Waals surface area contributed by atoms with Gasteiger partial charge in [0.25, 0.3) is 11.8 Å². The third-order valence-electron chi connectivity index (χ3n) is 5.41. The van der Waals surface area contributed by atoms with E-state index >= 15 is 0 Å². The van der Waals surface area contributed by atoms with Crippen LogP contribution in [0.5, 0.6) is 11.5 Å². The molecule has 6 nitrogen and oxygen atoms in total.